The normalized spacial score (nSPS) is 11.2. The number of aryl methyl sites for hydroxylation is 1. The first-order chi connectivity index (χ1) is 14.7. The Morgan fingerprint density at radius 2 is 1.65 bits per heavy atom. The van der Waals surface area contributed by atoms with Crippen LogP contribution in [0.4, 0.5) is 0 Å². The van der Waals surface area contributed by atoms with Crippen molar-refractivity contribution in [1.82, 2.24) is 15.6 Å². The van der Waals surface area contributed by atoms with Crippen molar-refractivity contribution < 1.29 is 9.59 Å². The second kappa shape index (κ2) is 9.88. The zero-order chi connectivity index (χ0) is 22.4. The van der Waals surface area contributed by atoms with E-state index in [1.807, 2.05) is 17.5 Å². The van der Waals surface area contributed by atoms with Crippen LogP contribution in [0.15, 0.2) is 53.9 Å². The Bertz CT molecular complexity index is 1030. The number of aromatic nitrogens is 1. The van der Waals surface area contributed by atoms with E-state index >= 15 is 0 Å². The first-order valence-corrected chi connectivity index (χ1v) is 11.3. The molecule has 0 unspecified atom stereocenters. The smallest absolute Gasteiger partial charge is 0.251 e. The predicted molar refractivity (Wildman–Crippen MR) is 126 cm³/mol. The van der Waals surface area contributed by atoms with Crippen LogP contribution in [0.1, 0.15) is 48.0 Å². The third-order valence-electron chi connectivity index (χ3n) is 4.98. The summed E-state index contributed by atoms with van der Waals surface area (Å²) in [5, 5.41) is 8.50. The zero-order valence-corrected chi connectivity index (χ0v) is 19.3. The number of carbonyl (C=O) groups is 2. The topological polar surface area (TPSA) is 71.1 Å². The van der Waals surface area contributed by atoms with E-state index < -0.39 is 0 Å². The molecule has 0 radical (unpaired) electrons. The van der Waals surface area contributed by atoms with Gasteiger partial charge in [0.1, 0.15) is 5.01 Å². The molecule has 3 rings (SSSR count). The Morgan fingerprint density at radius 3 is 2.29 bits per heavy atom. The Labute approximate surface area is 187 Å². The maximum Gasteiger partial charge on any atom is 0.251 e. The van der Waals surface area contributed by atoms with Gasteiger partial charge in [-0.15, -0.1) is 11.3 Å². The van der Waals surface area contributed by atoms with Crippen LogP contribution in [0.5, 0.6) is 0 Å². The van der Waals surface area contributed by atoms with Crippen LogP contribution in [0, 0.1) is 6.92 Å². The van der Waals surface area contributed by atoms with Gasteiger partial charge in [-0.2, -0.15) is 0 Å². The highest BCUT2D eigenvalue weighted by Crippen LogP contribution is 2.24. The van der Waals surface area contributed by atoms with E-state index in [1.54, 1.807) is 23.5 Å². The highest BCUT2D eigenvalue weighted by Gasteiger charge is 2.14. The quantitative estimate of drug-likeness (QED) is 0.574. The maximum absolute atomic E-state index is 12.3. The molecule has 0 fully saturated rings. The van der Waals surface area contributed by atoms with Crippen LogP contribution in [0.3, 0.4) is 0 Å². The van der Waals surface area contributed by atoms with E-state index in [4.69, 9.17) is 0 Å². The molecule has 2 amide bonds. The van der Waals surface area contributed by atoms with Gasteiger partial charge in [-0.25, -0.2) is 4.98 Å². The highest BCUT2D eigenvalue weighted by atomic mass is 32.1. The van der Waals surface area contributed by atoms with E-state index in [9.17, 15) is 9.59 Å². The molecule has 0 saturated carbocycles. The average molecular weight is 436 g/mol. The van der Waals surface area contributed by atoms with E-state index in [1.165, 1.54) is 5.56 Å². The van der Waals surface area contributed by atoms with Gasteiger partial charge in [-0.1, -0.05) is 62.7 Å². The minimum absolute atomic E-state index is 0.0348. The van der Waals surface area contributed by atoms with Gasteiger partial charge in [-0.05, 0) is 30.0 Å². The fraction of sp³-hybridized carbons (Fsp3) is 0.320. The van der Waals surface area contributed by atoms with Gasteiger partial charge in [0.2, 0.25) is 5.91 Å². The van der Waals surface area contributed by atoms with E-state index in [-0.39, 0.29) is 23.8 Å². The summed E-state index contributed by atoms with van der Waals surface area (Å²) in [6.07, 6.45) is 0.649. The monoisotopic (exact) mass is 435 g/mol. The number of nitrogens with zero attached hydrogens (tertiary/aromatic N) is 1. The molecule has 0 aliphatic heterocycles. The molecular weight excluding hydrogens is 406 g/mol. The first kappa shape index (κ1) is 22.7. The number of amides is 2. The lowest BCUT2D eigenvalue weighted by atomic mass is 9.87. The molecule has 2 N–H and O–H groups in total. The van der Waals surface area contributed by atoms with Crippen molar-refractivity contribution in [2.24, 2.45) is 0 Å². The summed E-state index contributed by atoms with van der Waals surface area (Å²) < 4.78 is 0. The molecule has 0 bridgehead atoms. The SMILES string of the molecule is Cc1ccc(-c2nc(CCNC(=O)CNC(=O)c3ccc(C(C)(C)C)cc3)cs2)cc1. The third kappa shape index (κ3) is 6.49. The zero-order valence-electron chi connectivity index (χ0n) is 18.5. The van der Waals surface area contributed by atoms with Gasteiger partial charge in [0.05, 0.1) is 12.2 Å². The van der Waals surface area contributed by atoms with E-state index in [0.29, 0.717) is 18.5 Å². The summed E-state index contributed by atoms with van der Waals surface area (Å²) >= 11 is 1.60. The van der Waals surface area contributed by atoms with Gasteiger partial charge in [0.15, 0.2) is 0 Å². The largest absolute Gasteiger partial charge is 0.354 e. The highest BCUT2D eigenvalue weighted by molar-refractivity contribution is 7.13. The Kier molecular flexibility index (Phi) is 7.23. The minimum atomic E-state index is -0.252. The molecule has 1 aromatic heterocycles. The van der Waals surface area contributed by atoms with E-state index in [0.717, 1.165) is 21.8 Å². The second-order valence-electron chi connectivity index (χ2n) is 8.62. The fourth-order valence-corrected chi connectivity index (χ4v) is 3.89. The van der Waals surface area contributed by atoms with Gasteiger partial charge in [0, 0.05) is 29.5 Å². The van der Waals surface area contributed by atoms with Gasteiger partial charge in [0.25, 0.3) is 5.91 Å². The van der Waals surface area contributed by atoms with Crippen LogP contribution < -0.4 is 10.6 Å². The summed E-state index contributed by atoms with van der Waals surface area (Å²) in [6, 6.07) is 15.8. The second-order valence-corrected chi connectivity index (χ2v) is 9.48. The molecule has 0 saturated heterocycles. The molecule has 162 valence electrons. The molecule has 31 heavy (non-hydrogen) atoms. The molecule has 3 aromatic rings. The van der Waals surface area contributed by atoms with Crippen molar-refractivity contribution in [3.63, 3.8) is 0 Å². The molecule has 2 aromatic carbocycles. The number of hydrogen-bond acceptors (Lipinski definition) is 4. The molecule has 0 aliphatic carbocycles. The summed E-state index contributed by atoms with van der Waals surface area (Å²) in [5.74, 6) is -0.466. The lowest BCUT2D eigenvalue weighted by molar-refractivity contribution is -0.120. The summed E-state index contributed by atoms with van der Waals surface area (Å²) in [4.78, 5) is 29.0. The number of rotatable bonds is 7. The van der Waals surface area contributed by atoms with E-state index in [2.05, 4.69) is 67.6 Å². The number of benzene rings is 2. The van der Waals surface area contributed by atoms with Crippen LogP contribution in [-0.2, 0) is 16.6 Å². The van der Waals surface area contributed by atoms with Crippen molar-refractivity contribution in [1.29, 1.82) is 0 Å². The predicted octanol–water partition coefficient (Wildman–Crippen LogP) is 4.50. The first-order valence-electron chi connectivity index (χ1n) is 10.4. The standard InChI is InChI=1S/C25H29N3O2S/c1-17-5-7-19(8-6-17)24-28-21(16-31-24)13-14-26-22(29)15-27-23(30)18-9-11-20(12-10-18)25(2,3)4/h5-12,16H,13-15H2,1-4H3,(H,26,29)(H,27,30). The number of nitrogens with one attached hydrogen (secondary N) is 2. The van der Waals surface area contributed by atoms with Gasteiger partial charge in [-0.3, -0.25) is 9.59 Å². The Hall–Kier alpha value is -2.99. The third-order valence-corrected chi connectivity index (χ3v) is 5.92. The number of thiazole rings is 1. The number of carbonyl (C=O) groups excluding carboxylic acids is 2. The molecular formula is C25H29N3O2S. The van der Waals surface area contributed by atoms with Crippen molar-refractivity contribution in [3.8, 4) is 10.6 Å². The summed E-state index contributed by atoms with van der Waals surface area (Å²) in [5.41, 5.74) is 5.01. The fourth-order valence-electron chi connectivity index (χ4n) is 3.03. The van der Waals surface area contributed by atoms with Crippen LogP contribution in [-0.4, -0.2) is 29.9 Å². The number of hydrogen-bond donors (Lipinski definition) is 2. The van der Waals surface area contributed by atoms with Crippen molar-refractivity contribution in [3.05, 3.63) is 76.3 Å². The van der Waals surface area contributed by atoms with Gasteiger partial charge < -0.3 is 10.6 Å². The van der Waals surface area contributed by atoms with Crippen LogP contribution >= 0.6 is 11.3 Å². The molecule has 6 heteroatoms. The lowest BCUT2D eigenvalue weighted by Crippen LogP contribution is -2.37. The summed E-state index contributed by atoms with van der Waals surface area (Å²) in [6.45, 7) is 8.87. The molecule has 0 atom stereocenters. The summed E-state index contributed by atoms with van der Waals surface area (Å²) in [7, 11) is 0. The Morgan fingerprint density at radius 1 is 0.968 bits per heavy atom. The average Bonchev–Trinajstić information content (AvgIpc) is 3.21. The van der Waals surface area contributed by atoms with Crippen molar-refractivity contribution >= 4 is 23.2 Å². The van der Waals surface area contributed by atoms with Crippen molar-refractivity contribution in [2.45, 2.75) is 39.5 Å². The van der Waals surface area contributed by atoms with Crippen LogP contribution in [0.25, 0.3) is 10.6 Å². The minimum Gasteiger partial charge on any atom is -0.354 e. The lowest BCUT2D eigenvalue weighted by Gasteiger charge is -2.19. The molecule has 0 aliphatic rings. The van der Waals surface area contributed by atoms with Crippen molar-refractivity contribution in [2.75, 3.05) is 13.1 Å². The van der Waals surface area contributed by atoms with Crippen LogP contribution in [0.2, 0.25) is 0 Å². The molecule has 1 heterocycles. The molecule has 5 nitrogen and oxygen atoms in total. The maximum atomic E-state index is 12.3. The van der Waals surface area contributed by atoms with Gasteiger partial charge >= 0.3 is 0 Å². The molecule has 0 spiro atoms. The Balaban J connectivity index is 1.41.